The second-order valence-electron chi connectivity index (χ2n) is 16.2. The number of nitrogens with one attached hydrogen (secondary N) is 4. The van der Waals surface area contributed by atoms with Crippen LogP contribution in [0.2, 0.25) is 0 Å². The number of methoxy groups -OCH3 is 3. The molecule has 0 aliphatic carbocycles. The van der Waals surface area contributed by atoms with Gasteiger partial charge in [0.2, 0.25) is 5.91 Å². The molecule has 14 heteroatoms. The normalized spacial score (nSPS) is 13.4. The van der Waals surface area contributed by atoms with Gasteiger partial charge in [0, 0.05) is 62.2 Å². The van der Waals surface area contributed by atoms with E-state index in [4.69, 9.17) is 18.9 Å². The molecule has 4 aromatic rings. The highest BCUT2D eigenvalue weighted by molar-refractivity contribution is 5.97. The van der Waals surface area contributed by atoms with Crippen LogP contribution in [0.25, 0.3) is 0 Å². The smallest absolute Gasteiger partial charge is 0.295 e. The predicted molar refractivity (Wildman–Crippen MR) is 262 cm³/mol. The molecule has 0 saturated carbocycles. The van der Waals surface area contributed by atoms with Crippen molar-refractivity contribution >= 4 is 29.3 Å². The van der Waals surface area contributed by atoms with Crippen LogP contribution >= 0.6 is 0 Å². The molecule has 4 amide bonds. The third kappa shape index (κ3) is 15.0. The van der Waals surface area contributed by atoms with E-state index in [9.17, 15) is 19.2 Å². The Morgan fingerprint density at radius 1 is 0.687 bits per heavy atom. The number of amides is 4. The van der Waals surface area contributed by atoms with Crippen LogP contribution in [0, 0.1) is 11.8 Å². The highest BCUT2D eigenvalue weighted by atomic mass is 16.5. The van der Waals surface area contributed by atoms with Crippen LogP contribution in [0.15, 0.2) is 91.0 Å². The van der Waals surface area contributed by atoms with Crippen molar-refractivity contribution < 1.29 is 38.1 Å². The molecule has 0 aromatic heterocycles. The number of piperazine rings is 1. The lowest BCUT2D eigenvalue weighted by molar-refractivity contribution is -0.117. The van der Waals surface area contributed by atoms with Crippen LogP contribution in [-0.4, -0.2) is 102 Å². The zero-order valence-electron chi connectivity index (χ0n) is 40.0. The number of carbonyl (C=O) groups is 4. The van der Waals surface area contributed by atoms with Crippen LogP contribution in [0.3, 0.4) is 0 Å². The average Bonchev–Trinajstić information content (AvgIpc) is 3.35. The fourth-order valence-corrected chi connectivity index (χ4v) is 7.86. The minimum absolute atomic E-state index is 0.127. The maximum atomic E-state index is 14.0. The number of aryl methyl sites for hydroxylation is 2. The molecule has 0 spiro atoms. The maximum absolute atomic E-state index is 14.0. The van der Waals surface area contributed by atoms with Gasteiger partial charge in [-0.05, 0) is 130 Å². The molecule has 1 aliphatic heterocycles. The van der Waals surface area contributed by atoms with Crippen molar-refractivity contribution in [2.75, 3.05) is 78.6 Å². The third-order valence-electron chi connectivity index (χ3n) is 11.7. The lowest BCUT2D eigenvalue weighted by atomic mass is 9.99. The Morgan fingerprint density at radius 3 is 1.90 bits per heavy atom. The first-order chi connectivity index (χ1) is 32.5. The quantitative estimate of drug-likeness (QED) is 0.0363. The molecule has 0 bridgehead atoms. The zero-order chi connectivity index (χ0) is 48.1. The SMILES string of the molecule is CC#CC(=O)NCCCc1ccc(N2CCN(CC)CC2)cc1C(=O)N[C@H](C)c1ccc(OC/C=C/C(=O)NCCCc2ccccc2C(=O)N[C@H](C)c2ccc(OC)c(OC)c2)c(OC)c1. The van der Waals surface area contributed by atoms with E-state index in [-0.39, 0.29) is 42.3 Å². The Kier molecular flexibility index (Phi) is 20.0. The summed E-state index contributed by atoms with van der Waals surface area (Å²) in [6.07, 6.45) is 5.56. The molecule has 1 heterocycles. The van der Waals surface area contributed by atoms with Gasteiger partial charge in [-0.3, -0.25) is 19.2 Å². The van der Waals surface area contributed by atoms with E-state index in [0.717, 1.165) is 60.7 Å². The van der Waals surface area contributed by atoms with E-state index in [1.54, 1.807) is 46.5 Å². The van der Waals surface area contributed by atoms with E-state index < -0.39 is 0 Å². The van der Waals surface area contributed by atoms with Gasteiger partial charge >= 0.3 is 0 Å². The number of hydrogen-bond acceptors (Lipinski definition) is 10. The molecule has 0 radical (unpaired) electrons. The number of rotatable bonds is 23. The second kappa shape index (κ2) is 26.2. The van der Waals surface area contributed by atoms with Gasteiger partial charge in [-0.1, -0.05) is 49.2 Å². The van der Waals surface area contributed by atoms with Crippen molar-refractivity contribution in [2.24, 2.45) is 0 Å². The fourth-order valence-electron chi connectivity index (χ4n) is 7.86. The molecular formula is C53H66N6O8. The Morgan fingerprint density at radius 2 is 1.27 bits per heavy atom. The standard InChI is InChI=1S/C53H66N6O8/c1-8-15-50(60)54-27-13-18-40-21-24-43(59-31-29-58(9-2)30-32-59)36-45(40)53(63)57-38(4)42-23-26-47(49(35-42)66-7)67-33-14-20-51(61)55-28-12-17-39-16-10-11-19-44(39)52(62)56-37(3)41-22-25-46(64-5)48(34-41)65-6/h10-11,14,16,19-26,34-38H,9,12-13,17-18,27-33H2,1-7H3,(H,54,60)(H,55,61)(H,56,62)(H,57,63)/b20-14+/t37-,38-/m1/s1. The van der Waals surface area contributed by atoms with Crippen molar-refractivity contribution in [3.05, 3.63) is 124 Å². The summed E-state index contributed by atoms with van der Waals surface area (Å²) >= 11 is 0. The fraction of sp³-hybridized carbons (Fsp3) is 0.396. The van der Waals surface area contributed by atoms with Gasteiger partial charge in [0.05, 0.1) is 33.4 Å². The number of anilines is 1. The largest absolute Gasteiger partial charge is 0.493 e. The topological polar surface area (TPSA) is 160 Å². The molecule has 1 fully saturated rings. The third-order valence-corrected chi connectivity index (χ3v) is 11.7. The number of ether oxygens (including phenoxy) is 4. The lowest BCUT2D eigenvalue weighted by Crippen LogP contribution is -2.46. The molecule has 356 valence electrons. The van der Waals surface area contributed by atoms with Crippen molar-refractivity contribution in [1.82, 2.24) is 26.2 Å². The van der Waals surface area contributed by atoms with Crippen LogP contribution < -0.4 is 45.1 Å². The van der Waals surface area contributed by atoms with E-state index in [2.05, 4.69) is 55.9 Å². The number of benzene rings is 4. The summed E-state index contributed by atoms with van der Waals surface area (Å²) < 4.78 is 22.4. The Labute approximate surface area is 395 Å². The minimum atomic E-state index is -0.361. The molecule has 0 unspecified atom stereocenters. The van der Waals surface area contributed by atoms with Gasteiger partial charge in [0.15, 0.2) is 23.0 Å². The number of nitrogens with zero attached hydrogens (tertiary/aromatic N) is 2. The Balaban J connectivity index is 1.10. The first kappa shape index (κ1) is 51.0. The number of carbonyl (C=O) groups excluding carboxylic acids is 4. The first-order valence-corrected chi connectivity index (χ1v) is 23.0. The molecule has 4 aromatic carbocycles. The molecule has 5 rings (SSSR count). The van der Waals surface area contributed by atoms with Crippen molar-refractivity contribution in [1.29, 1.82) is 0 Å². The summed E-state index contributed by atoms with van der Waals surface area (Å²) in [4.78, 5) is 56.6. The Bertz CT molecular complexity index is 2400. The van der Waals surface area contributed by atoms with Crippen molar-refractivity contribution in [3.63, 3.8) is 0 Å². The molecule has 4 N–H and O–H groups in total. The van der Waals surface area contributed by atoms with Gasteiger partial charge in [-0.2, -0.15) is 0 Å². The highest BCUT2D eigenvalue weighted by Crippen LogP contribution is 2.32. The minimum Gasteiger partial charge on any atom is -0.493 e. The summed E-state index contributed by atoms with van der Waals surface area (Å²) in [5.41, 5.74) is 5.71. The summed E-state index contributed by atoms with van der Waals surface area (Å²) in [5.74, 6) is 6.35. The monoisotopic (exact) mass is 914 g/mol. The van der Waals surface area contributed by atoms with E-state index >= 15 is 0 Å². The summed E-state index contributed by atoms with van der Waals surface area (Å²) in [6.45, 7) is 13.4. The molecule has 1 aliphatic rings. The summed E-state index contributed by atoms with van der Waals surface area (Å²) in [7, 11) is 4.71. The van der Waals surface area contributed by atoms with E-state index in [1.165, 1.54) is 6.08 Å². The molecule has 67 heavy (non-hydrogen) atoms. The average molecular weight is 915 g/mol. The number of hydrogen-bond donors (Lipinski definition) is 4. The Hall–Kier alpha value is -6.98. The molecular weight excluding hydrogens is 849 g/mol. The van der Waals surface area contributed by atoms with Crippen LogP contribution in [0.5, 0.6) is 23.0 Å². The highest BCUT2D eigenvalue weighted by Gasteiger charge is 2.22. The molecule has 2 atom stereocenters. The number of likely N-dealkylation sites (N-methyl/N-ethyl adjacent to an activating group) is 1. The van der Waals surface area contributed by atoms with Crippen LogP contribution in [-0.2, 0) is 22.4 Å². The van der Waals surface area contributed by atoms with Gasteiger partial charge in [-0.25, -0.2) is 0 Å². The summed E-state index contributed by atoms with van der Waals surface area (Å²) in [5, 5.41) is 12.0. The van der Waals surface area contributed by atoms with Crippen molar-refractivity contribution in [3.8, 4) is 34.8 Å². The lowest BCUT2D eigenvalue weighted by Gasteiger charge is -2.35. The van der Waals surface area contributed by atoms with E-state index in [0.29, 0.717) is 72.9 Å². The van der Waals surface area contributed by atoms with Gasteiger partial charge < -0.3 is 50.0 Å². The zero-order valence-corrected chi connectivity index (χ0v) is 40.0. The van der Waals surface area contributed by atoms with Gasteiger partial charge in [-0.15, -0.1) is 0 Å². The van der Waals surface area contributed by atoms with Crippen LogP contribution in [0.1, 0.15) is 95.6 Å². The molecule has 1 saturated heterocycles. The van der Waals surface area contributed by atoms with E-state index in [1.807, 2.05) is 74.5 Å². The van der Waals surface area contributed by atoms with Gasteiger partial charge in [0.25, 0.3) is 17.7 Å². The van der Waals surface area contributed by atoms with Gasteiger partial charge in [0.1, 0.15) is 6.61 Å². The molecule has 14 nitrogen and oxygen atoms in total. The summed E-state index contributed by atoms with van der Waals surface area (Å²) in [6, 6.07) is 24.0. The predicted octanol–water partition coefficient (Wildman–Crippen LogP) is 6.59. The van der Waals surface area contributed by atoms with Crippen molar-refractivity contribution in [2.45, 2.75) is 65.5 Å². The second-order valence-corrected chi connectivity index (χ2v) is 16.2. The maximum Gasteiger partial charge on any atom is 0.295 e. The van der Waals surface area contributed by atoms with Crippen LogP contribution in [0.4, 0.5) is 5.69 Å². The first-order valence-electron chi connectivity index (χ1n) is 23.0.